The topological polar surface area (TPSA) is 30.7 Å². The molecular formula is C19H18Cl3N3S2. The van der Waals surface area contributed by atoms with Gasteiger partial charge in [-0.05, 0) is 38.1 Å². The molecule has 0 amide bonds. The number of nitrogens with zero attached hydrogens (tertiary/aromatic N) is 3. The summed E-state index contributed by atoms with van der Waals surface area (Å²) in [5, 5.41) is 11.2. The van der Waals surface area contributed by atoms with E-state index in [1.54, 1.807) is 35.7 Å². The van der Waals surface area contributed by atoms with Crippen molar-refractivity contribution in [1.29, 1.82) is 0 Å². The van der Waals surface area contributed by atoms with Crippen LogP contribution in [0.3, 0.4) is 0 Å². The molecule has 0 saturated heterocycles. The minimum Gasteiger partial charge on any atom is -0.306 e. The maximum absolute atomic E-state index is 6.30. The smallest absolute Gasteiger partial charge is 0.191 e. The molecule has 0 fully saturated rings. The van der Waals surface area contributed by atoms with Crippen LogP contribution in [0.15, 0.2) is 46.5 Å². The summed E-state index contributed by atoms with van der Waals surface area (Å²) in [6.45, 7) is 4.98. The summed E-state index contributed by atoms with van der Waals surface area (Å²) in [7, 11) is 0. The Morgan fingerprint density at radius 2 is 1.59 bits per heavy atom. The fourth-order valence-electron chi connectivity index (χ4n) is 2.47. The van der Waals surface area contributed by atoms with Gasteiger partial charge in [0.2, 0.25) is 0 Å². The van der Waals surface area contributed by atoms with Crippen molar-refractivity contribution in [1.82, 2.24) is 14.8 Å². The number of hydrogen-bond donors (Lipinski definition) is 0. The van der Waals surface area contributed by atoms with E-state index in [0.717, 1.165) is 28.8 Å². The SMILES string of the molecule is CCn1c(CSc2ccc(C)cc2)nnc1SCc1c(Cl)ccc(Cl)c1Cl. The molecule has 3 aromatic rings. The fourth-order valence-corrected chi connectivity index (χ4v) is 5.21. The van der Waals surface area contributed by atoms with Crippen molar-refractivity contribution in [2.45, 2.75) is 41.9 Å². The second-order valence-corrected chi connectivity index (χ2v) is 9.04. The second-order valence-electron chi connectivity index (χ2n) is 5.86. The van der Waals surface area contributed by atoms with Crippen molar-refractivity contribution < 1.29 is 0 Å². The van der Waals surface area contributed by atoms with E-state index in [9.17, 15) is 0 Å². The molecule has 0 atom stereocenters. The monoisotopic (exact) mass is 457 g/mol. The van der Waals surface area contributed by atoms with Gasteiger partial charge in [-0.2, -0.15) is 0 Å². The average molecular weight is 459 g/mol. The number of aromatic nitrogens is 3. The zero-order valence-corrected chi connectivity index (χ0v) is 18.8. The first-order chi connectivity index (χ1) is 13.0. The molecule has 0 aliphatic rings. The van der Waals surface area contributed by atoms with Crippen LogP contribution in [-0.2, 0) is 18.1 Å². The van der Waals surface area contributed by atoms with E-state index in [-0.39, 0.29) is 0 Å². The number of hydrogen-bond acceptors (Lipinski definition) is 4. The van der Waals surface area contributed by atoms with Gasteiger partial charge in [-0.3, -0.25) is 0 Å². The number of rotatable bonds is 7. The van der Waals surface area contributed by atoms with Gasteiger partial charge in [0.05, 0.1) is 15.8 Å². The van der Waals surface area contributed by atoms with Crippen LogP contribution in [0.25, 0.3) is 0 Å². The van der Waals surface area contributed by atoms with Crippen molar-refractivity contribution in [3.8, 4) is 0 Å². The lowest BCUT2D eigenvalue weighted by Crippen LogP contribution is -2.02. The van der Waals surface area contributed by atoms with Crippen LogP contribution < -0.4 is 0 Å². The van der Waals surface area contributed by atoms with Crippen molar-refractivity contribution >= 4 is 58.3 Å². The molecule has 142 valence electrons. The van der Waals surface area contributed by atoms with Crippen LogP contribution in [0, 0.1) is 6.92 Å². The second kappa shape index (κ2) is 9.57. The molecule has 0 unspecified atom stereocenters. The van der Waals surface area contributed by atoms with E-state index in [0.29, 0.717) is 20.8 Å². The molecule has 0 radical (unpaired) electrons. The molecule has 27 heavy (non-hydrogen) atoms. The highest BCUT2D eigenvalue weighted by molar-refractivity contribution is 7.98. The zero-order valence-electron chi connectivity index (χ0n) is 14.9. The van der Waals surface area contributed by atoms with Gasteiger partial charge in [-0.15, -0.1) is 22.0 Å². The molecule has 8 heteroatoms. The Kier molecular flexibility index (Phi) is 7.40. The van der Waals surface area contributed by atoms with Crippen LogP contribution in [0.4, 0.5) is 0 Å². The molecule has 0 aliphatic heterocycles. The van der Waals surface area contributed by atoms with Crippen LogP contribution in [0.5, 0.6) is 0 Å². The molecule has 1 heterocycles. The molecule has 2 aromatic carbocycles. The van der Waals surface area contributed by atoms with Crippen molar-refractivity contribution in [2.24, 2.45) is 0 Å². The number of halogens is 3. The number of thioether (sulfide) groups is 2. The van der Waals surface area contributed by atoms with Crippen LogP contribution in [0.1, 0.15) is 23.9 Å². The first kappa shape index (κ1) is 20.9. The van der Waals surface area contributed by atoms with Gasteiger partial charge in [-0.25, -0.2) is 0 Å². The Morgan fingerprint density at radius 1 is 0.889 bits per heavy atom. The fraction of sp³-hybridized carbons (Fsp3) is 0.263. The molecular weight excluding hydrogens is 441 g/mol. The molecule has 3 rings (SSSR count). The van der Waals surface area contributed by atoms with E-state index in [1.165, 1.54) is 10.5 Å². The number of benzene rings is 2. The highest BCUT2D eigenvalue weighted by atomic mass is 35.5. The summed E-state index contributed by atoms with van der Waals surface area (Å²) in [5.74, 6) is 2.30. The third-order valence-electron chi connectivity index (χ3n) is 3.98. The van der Waals surface area contributed by atoms with E-state index in [1.807, 2.05) is 0 Å². The molecule has 0 saturated carbocycles. The van der Waals surface area contributed by atoms with Gasteiger partial charge in [-0.1, -0.05) is 64.3 Å². The third kappa shape index (κ3) is 5.15. The Morgan fingerprint density at radius 3 is 2.30 bits per heavy atom. The van der Waals surface area contributed by atoms with Crippen LogP contribution >= 0.6 is 58.3 Å². The molecule has 0 N–H and O–H groups in total. The van der Waals surface area contributed by atoms with Gasteiger partial charge in [0.15, 0.2) is 5.16 Å². The van der Waals surface area contributed by atoms with Gasteiger partial charge in [0.1, 0.15) is 5.82 Å². The summed E-state index contributed by atoms with van der Waals surface area (Å²) >= 11 is 22.0. The molecule has 1 aromatic heterocycles. The Bertz CT molecular complexity index is 927. The van der Waals surface area contributed by atoms with E-state index in [2.05, 4.69) is 52.9 Å². The van der Waals surface area contributed by atoms with Gasteiger partial charge >= 0.3 is 0 Å². The highest BCUT2D eigenvalue weighted by Gasteiger charge is 2.15. The van der Waals surface area contributed by atoms with Crippen molar-refractivity contribution in [2.75, 3.05) is 0 Å². The first-order valence-electron chi connectivity index (χ1n) is 8.36. The zero-order chi connectivity index (χ0) is 19.4. The van der Waals surface area contributed by atoms with E-state index in [4.69, 9.17) is 34.8 Å². The largest absolute Gasteiger partial charge is 0.306 e. The van der Waals surface area contributed by atoms with Crippen LogP contribution in [0.2, 0.25) is 15.1 Å². The average Bonchev–Trinajstić information content (AvgIpc) is 3.06. The lowest BCUT2D eigenvalue weighted by Gasteiger charge is -2.10. The predicted octanol–water partition coefficient (Wildman–Crippen LogP) is 7.15. The van der Waals surface area contributed by atoms with Gasteiger partial charge < -0.3 is 4.57 Å². The predicted molar refractivity (Wildman–Crippen MR) is 117 cm³/mol. The van der Waals surface area contributed by atoms with Crippen LogP contribution in [-0.4, -0.2) is 14.8 Å². The Labute approximate surface area is 182 Å². The van der Waals surface area contributed by atoms with Crippen molar-refractivity contribution in [3.63, 3.8) is 0 Å². The van der Waals surface area contributed by atoms with Crippen molar-refractivity contribution in [3.05, 3.63) is 68.4 Å². The minimum atomic E-state index is 0.495. The lowest BCUT2D eigenvalue weighted by atomic mass is 10.2. The molecule has 0 spiro atoms. The highest BCUT2D eigenvalue weighted by Crippen LogP contribution is 2.35. The summed E-state index contributed by atoms with van der Waals surface area (Å²) in [4.78, 5) is 1.22. The standard InChI is InChI=1S/C19H18Cl3N3S2/c1-3-25-17(11-26-13-6-4-12(2)5-7-13)23-24-19(25)27-10-14-15(20)8-9-16(21)18(14)22/h4-9H,3,10-11H2,1-2H3. The summed E-state index contributed by atoms with van der Waals surface area (Å²) in [6, 6.07) is 12.0. The molecule has 3 nitrogen and oxygen atoms in total. The summed E-state index contributed by atoms with van der Waals surface area (Å²) in [6.07, 6.45) is 0. The van der Waals surface area contributed by atoms with Gasteiger partial charge in [0.25, 0.3) is 0 Å². The Hall–Kier alpha value is -0.850. The van der Waals surface area contributed by atoms with Gasteiger partial charge in [0, 0.05) is 27.8 Å². The normalized spacial score (nSPS) is 11.1. The minimum absolute atomic E-state index is 0.495. The first-order valence-corrected chi connectivity index (χ1v) is 11.5. The number of aryl methyl sites for hydroxylation is 1. The lowest BCUT2D eigenvalue weighted by molar-refractivity contribution is 0.659. The third-order valence-corrected chi connectivity index (χ3v) is 7.18. The maximum atomic E-state index is 6.30. The van der Waals surface area contributed by atoms with E-state index >= 15 is 0 Å². The maximum Gasteiger partial charge on any atom is 0.191 e. The quantitative estimate of drug-likeness (QED) is 0.278. The summed E-state index contributed by atoms with van der Waals surface area (Å²) < 4.78 is 2.12. The molecule has 0 bridgehead atoms. The Balaban J connectivity index is 1.70. The van der Waals surface area contributed by atoms with E-state index < -0.39 is 0 Å². The molecule has 0 aliphatic carbocycles. The summed E-state index contributed by atoms with van der Waals surface area (Å²) in [5.41, 5.74) is 2.07.